The summed E-state index contributed by atoms with van der Waals surface area (Å²) in [4.78, 5) is 194. The van der Waals surface area contributed by atoms with Crippen molar-refractivity contribution in [2.75, 3.05) is 114 Å². The van der Waals surface area contributed by atoms with Crippen molar-refractivity contribution in [2.45, 2.75) is 146 Å². The molecule has 8 atom stereocenters. The van der Waals surface area contributed by atoms with E-state index in [0.717, 1.165) is 0 Å². The van der Waals surface area contributed by atoms with Crippen LogP contribution in [0, 0.1) is 5.92 Å². The lowest BCUT2D eigenvalue weighted by Gasteiger charge is -2.27. The number of aliphatic imine (C=N–C) groups is 5. The zero-order valence-electron chi connectivity index (χ0n) is 59.3. The van der Waals surface area contributed by atoms with Crippen LogP contribution in [0.1, 0.15) is 97.8 Å². The van der Waals surface area contributed by atoms with Crippen molar-refractivity contribution in [2.24, 2.45) is 59.5 Å². The zero-order chi connectivity index (χ0) is 76.0. The minimum atomic E-state index is -1.37. The second-order valence-corrected chi connectivity index (χ2v) is 23.3. The second kappa shape index (κ2) is 49.9. The van der Waals surface area contributed by atoms with Gasteiger partial charge < -0.3 is 129 Å². The third kappa shape index (κ3) is 37.3. The standard InChI is InChI=1S/C59H110N28O14/c1-33(2)46(60)53(99)81-34(3)47(93)77-29-42(89)82-36(17-12-25-74-58(67-6)68-7)49(95)79-31-44(91)84-37(18-13-26-75-59(69-8)70-9)50(96)80-30-43(90)83-35(16-11-24-73-57(65-4)66-5)48(94)78-28-41(88)76-32-45(92)87-27-15-21-40(87)52(98)85-38(19-10-22-71-55(61)62)51(97)86-39(54(100)101)20-14-23-72-56(63)64/h33-40,46H,10-32,60H2,1-9H3,(H,76,88)(H,77,93)(H,78,94)(H,79,95)(H,80,96)(H,81,99)(H,82,89)(H,83,90)(H,84,91)(H,85,98)(H,86,97)(H,100,101)(H4,61,62,71)(H4,63,64,72)(H2,65,66,73)(H2,67,68,74)(H2,69,70,75)/t34-,35-,36-,37-,38-,39-,40-,46-/m0/s1. The Balaban J connectivity index is 3.22. The Kier molecular flexibility index (Phi) is 43.6. The first-order valence-electron chi connectivity index (χ1n) is 33.2. The van der Waals surface area contributed by atoms with Gasteiger partial charge in [-0.3, -0.25) is 82.5 Å². The van der Waals surface area contributed by atoms with Gasteiger partial charge in [0.1, 0.15) is 42.3 Å². The largest absolute Gasteiger partial charge is 0.480 e. The van der Waals surface area contributed by atoms with E-state index in [2.05, 4.69) is 115 Å². The van der Waals surface area contributed by atoms with Crippen LogP contribution in [0.5, 0.6) is 0 Å². The number of nitrogens with zero attached hydrogens (tertiary/aromatic N) is 6. The summed E-state index contributed by atoms with van der Waals surface area (Å²) in [5.74, 6) is -9.90. The third-order valence-electron chi connectivity index (χ3n) is 15.1. The predicted octanol–water partition coefficient (Wildman–Crippen LogP) is -10.6. The number of rotatable bonds is 45. The van der Waals surface area contributed by atoms with Gasteiger partial charge in [0, 0.05) is 81.6 Å². The molecule has 0 aromatic rings. The van der Waals surface area contributed by atoms with Gasteiger partial charge in [0.2, 0.25) is 70.9 Å². The maximum atomic E-state index is 13.9. The Bertz CT molecular complexity index is 2890. The van der Waals surface area contributed by atoms with Crippen LogP contribution >= 0.6 is 0 Å². The summed E-state index contributed by atoms with van der Waals surface area (Å²) in [6.45, 7) is 2.69. The minimum absolute atomic E-state index is 0.0101. The number of amides is 12. The molecule has 0 aromatic heterocycles. The van der Waals surface area contributed by atoms with Gasteiger partial charge >= 0.3 is 5.97 Å². The van der Waals surface area contributed by atoms with Gasteiger partial charge in [0.05, 0.1) is 38.8 Å². The number of hydrogen-bond acceptors (Lipinski definition) is 19. The van der Waals surface area contributed by atoms with E-state index < -0.39 is 158 Å². The molecule has 570 valence electrons. The molecule has 0 unspecified atom stereocenters. The normalized spacial score (nSPS) is 14.9. The fourth-order valence-corrected chi connectivity index (χ4v) is 9.54. The first kappa shape index (κ1) is 88.4. The number of carboxylic acid groups (broad SMARTS) is 1. The summed E-state index contributed by atoms with van der Waals surface area (Å²) in [5.41, 5.74) is 27.5. The molecule has 0 radical (unpaired) electrons. The highest BCUT2D eigenvalue weighted by Gasteiger charge is 2.37. The van der Waals surface area contributed by atoms with Crippen LogP contribution in [0.4, 0.5) is 0 Å². The Hall–Kier alpha value is -10.6. The molecular formula is C59H110N28O14. The summed E-state index contributed by atoms with van der Waals surface area (Å²) in [5, 5.41) is 54.9. The molecular weight excluding hydrogens is 1320 g/mol. The molecule has 12 amide bonds. The van der Waals surface area contributed by atoms with Gasteiger partial charge in [-0.15, -0.1) is 0 Å². The molecule has 0 aromatic carbocycles. The molecule has 0 spiro atoms. The van der Waals surface area contributed by atoms with Crippen LogP contribution in [0.2, 0.25) is 0 Å². The number of carbonyl (C=O) groups excluding carboxylic acids is 12. The molecule has 42 nitrogen and oxygen atoms in total. The van der Waals surface area contributed by atoms with E-state index >= 15 is 0 Å². The van der Waals surface area contributed by atoms with E-state index in [4.69, 9.17) is 28.7 Å². The summed E-state index contributed by atoms with van der Waals surface area (Å²) in [7, 11) is 9.55. The average Bonchev–Trinajstić information content (AvgIpc) is 1.75. The number of carbonyl (C=O) groups is 13. The average molecular weight is 1440 g/mol. The fraction of sp³-hybridized carbons (Fsp3) is 0.695. The summed E-state index contributed by atoms with van der Waals surface area (Å²) >= 11 is 0. The lowest BCUT2D eigenvalue weighted by Crippen LogP contribution is -2.56. The van der Waals surface area contributed by atoms with Gasteiger partial charge in [0.15, 0.2) is 29.8 Å². The van der Waals surface area contributed by atoms with Gasteiger partial charge in [-0.25, -0.2) is 4.79 Å². The maximum absolute atomic E-state index is 13.9. The molecule has 1 heterocycles. The van der Waals surface area contributed by atoms with Crippen LogP contribution in [0.3, 0.4) is 0 Å². The van der Waals surface area contributed by atoms with E-state index in [1.54, 1.807) is 49.1 Å². The van der Waals surface area contributed by atoms with Crippen molar-refractivity contribution in [3.05, 3.63) is 0 Å². The van der Waals surface area contributed by atoms with Crippen LogP contribution in [0.25, 0.3) is 0 Å². The van der Waals surface area contributed by atoms with Crippen molar-refractivity contribution in [3.63, 3.8) is 0 Å². The molecule has 42 heteroatoms. The lowest BCUT2D eigenvalue weighted by molar-refractivity contribution is -0.143. The Labute approximate surface area is 587 Å². The fourth-order valence-electron chi connectivity index (χ4n) is 9.54. The number of hydrogen-bond donors (Lipinski definition) is 23. The minimum Gasteiger partial charge on any atom is -0.480 e. The van der Waals surface area contributed by atoms with Crippen molar-refractivity contribution in [3.8, 4) is 0 Å². The van der Waals surface area contributed by atoms with E-state index in [1.807, 2.05) is 0 Å². The van der Waals surface area contributed by atoms with Crippen molar-refractivity contribution >= 4 is 107 Å². The highest BCUT2D eigenvalue weighted by atomic mass is 16.4. The number of guanidine groups is 5. The Morgan fingerprint density at radius 3 is 1.20 bits per heavy atom. The molecule has 28 N–H and O–H groups in total. The summed E-state index contributed by atoms with van der Waals surface area (Å²) < 4.78 is 0. The second-order valence-electron chi connectivity index (χ2n) is 23.3. The van der Waals surface area contributed by atoms with Crippen molar-refractivity contribution in [1.82, 2.24) is 95.3 Å². The first-order valence-corrected chi connectivity index (χ1v) is 33.2. The molecule has 1 aliphatic heterocycles. The third-order valence-corrected chi connectivity index (χ3v) is 15.1. The van der Waals surface area contributed by atoms with Gasteiger partial charge in [-0.1, -0.05) is 13.8 Å². The summed E-state index contributed by atoms with van der Waals surface area (Å²) in [6, 6.07) is -9.53. The van der Waals surface area contributed by atoms with Crippen LogP contribution in [-0.2, 0) is 62.3 Å². The van der Waals surface area contributed by atoms with Gasteiger partial charge in [-0.05, 0) is 89.9 Å². The molecule has 101 heavy (non-hydrogen) atoms. The molecule has 1 rings (SSSR count). The number of nitrogens with two attached hydrogens (primary N) is 5. The highest BCUT2D eigenvalue weighted by molar-refractivity contribution is 5.98. The van der Waals surface area contributed by atoms with E-state index in [-0.39, 0.29) is 115 Å². The highest BCUT2D eigenvalue weighted by Crippen LogP contribution is 2.18. The van der Waals surface area contributed by atoms with E-state index in [9.17, 15) is 67.4 Å². The summed E-state index contributed by atoms with van der Waals surface area (Å²) in [6.07, 6.45) is 1.69. The van der Waals surface area contributed by atoms with Crippen LogP contribution in [0.15, 0.2) is 25.0 Å². The molecule has 1 fully saturated rings. The molecule has 1 saturated heterocycles. The maximum Gasteiger partial charge on any atom is 0.326 e. The van der Waals surface area contributed by atoms with Crippen LogP contribution in [-0.4, -0.2) is 279 Å². The van der Waals surface area contributed by atoms with E-state index in [0.29, 0.717) is 37.3 Å². The molecule has 0 aliphatic carbocycles. The molecule has 0 bridgehead atoms. The zero-order valence-corrected chi connectivity index (χ0v) is 59.3. The number of carboxylic acids is 1. The Morgan fingerprint density at radius 2 is 0.822 bits per heavy atom. The van der Waals surface area contributed by atoms with Crippen molar-refractivity contribution < 1.29 is 67.4 Å². The number of likely N-dealkylation sites (tertiary alicyclic amines) is 1. The van der Waals surface area contributed by atoms with Gasteiger partial charge in [0.25, 0.3) is 0 Å². The predicted molar refractivity (Wildman–Crippen MR) is 376 cm³/mol. The van der Waals surface area contributed by atoms with Crippen LogP contribution < -0.4 is 119 Å². The topological polar surface area (TPSA) is 642 Å². The quantitative estimate of drug-likeness (QED) is 0.0153. The Morgan fingerprint density at radius 1 is 0.446 bits per heavy atom. The SMILES string of the molecule is CN=C(NC)NCCC[C@H](NC(=O)CNC(=O)[C@H](C)NC(=O)[C@@H](N)C(C)C)C(=O)NCC(=O)N[C@@H](CCCNC(=NC)NC)C(=O)NCC(=O)N[C@@H](CCCNC(=NC)NC)C(=O)NCC(=O)NCC(=O)N1CCC[C@H]1C(=O)N[C@@H](CCCN=C(N)N)C(=O)N[C@@H](CCCN=C(N)N)C(=O)O. The number of nitrogens with one attached hydrogen (secondary N) is 17. The smallest absolute Gasteiger partial charge is 0.326 e. The molecule has 1 aliphatic rings. The number of aliphatic carboxylic acids is 1. The first-order chi connectivity index (χ1) is 47.9. The van der Waals surface area contributed by atoms with Crippen molar-refractivity contribution in [1.29, 1.82) is 0 Å². The lowest BCUT2D eigenvalue weighted by atomic mass is 10.0. The molecule has 0 saturated carbocycles. The monoisotopic (exact) mass is 1430 g/mol. The van der Waals surface area contributed by atoms with Gasteiger partial charge in [-0.2, -0.15) is 0 Å². The van der Waals surface area contributed by atoms with E-state index in [1.165, 1.54) is 18.9 Å².